The molecule has 3 aromatic heterocycles. The molecule has 144 valence electrons. The van der Waals surface area contributed by atoms with Crippen LogP contribution in [0.25, 0.3) is 21.7 Å². The van der Waals surface area contributed by atoms with Crippen LogP contribution in [0.15, 0.2) is 34.3 Å². The minimum absolute atomic E-state index is 0.133. The van der Waals surface area contributed by atoms with Crippen molar-refractivity contribution >= 4 is 22.4 Å². The van der Waals surface area contributed by atoms with Gasteiger partial charge in [-0.3, -0.25) is 4.90 Å². The Morgan fingerprint density at radius 1 is 1.29 bits per heavy atom. The second-order valence-electron chi connectivity index (χ2n) is 7.02. The summed E-state index contributed by atoms with van der Waals surface area (Å²) in [5.74, 6) is 2.20. The number of nitrogens with zero attached hydrogens (tertiary/aromatic N) is 6. The Morgan fingerprint density at radius 3 is 3.00 bits per heavy atom. The average molecular weight is 395 g/mol. The Labute approximate surface area is 166 Å². The number of nitrogens with one attached hydrogen (secondary N) is 1. The van der Waals surface area contributed by atoms with Crippen LogP contribution >= 0.6 is 11.3 Å². The lowest BCUT2D eigenvalue weighted by Gasteiger charge is -2.30. The first kappa shape index (κ1) is 17.5. The van der Waals surface area contributed by atoms with Crippen molar-refractivity contribution in [1.29, 1.82) is 0 Å². The molecule has 1 N–H and O–H groups in total. The van der Waals surface area contributed by atoms with Gasteiger partial charge in [0.25, 0.3) is 0 Å². The molecule has 0 aliphatic carbocycles. The van der Waals surface area contributed by atoms with E-state index in [2.05, 4.69) is 38.0 Å². The van der Waals surface area contributed by atoms with E-state index < -0.39 is 0 Å². The minimum atomic E-state index is 0.133. The molecule has 1 unspecified atom stereocenters. The summed E-state index contributed by atoms with van der Waals surface area (Å²) < 4.78 is 7.75. The van der Waals surface area contributed by atoms with E-state index in [0.29, 0.717) is 12.4 Å². The van der Waals surface area contributed by atoms with Crippen molar-refractivity contribution in [2.24, 2.45) is 0 Å². The van der Waals surface area contributed by atoms with Crippen LogP contribution in [0.5, 0.6) is 0 Å². The Kier molecular flexibility index (Phi) is 4.42. The molecule has 0 amide bonds. The Morgan fingerprint density at radius 2 is 2.18 bits per heavy atom. The highest BCUT2D eigenvalue weighted by Crippen LogP contribution is 2.30. The number of piperazine rings is 1. The SMILES string of the molecule is Cc1ncsc1-c1nc2ccccc2n1Cc1nc(C2CNCCN2C)no1. The third-order valence-corrected chi connectivity index (χ3v) is 6.11. The number of rotatable bonds is 4. The lowest BCUT2D eigenvalue weighted by molar-refractivity contribution is 0.190. The lowest BCUT2D eigenvalue weighted by atomic mass is 10.2. The van der Waals surface area contributed by atoms with Gasteiger partial charge < -0.3 is 14.4 Å². The molecule has 8 nitrogen and oxygen atoms in total. The number of hydrogen-bond donors (Lipinski definition) is 1. The fraction of sp³-hybridized carbons (Fsp3) is 0.368. The number of imidazole rings is 1. The van der Waals surface area contributed by atoms with Crippen molar-refractivity contribution < 1.29 is 4.52 Å². The number of likely N-dealkylation sites (N-methyl/N-ethyl adjacent to an activating group) is 1. The van der Waals surface area contributed by atoms with Gasteiger partial charge in [0.2, 0.25) is 5.89 Å². The van der Waals surface area contributed by atoms with Gasteiger partial charge in [0.15, 0.2) is 11.6 Å². The van der Waals surface area contributed by atoms with Gasteiger partial charge in [-0.2, -0.15) is 4.98 Å². The quantitative estimate of drug-likeness (QED) is 0.568. The van der Waals surface area contributed by atoms with Crippen LogP contribution in [-0.4, -0.2) is 56.3 Å². The minimum Gasteiger partial charge on any atom is -0.337 e. The number of aromatic nitrogens is 5. The number of aryl methyl sites for hydroxylation is 1. The van der Waals surface area contributed by atoms with Gasteiger partial charge in [-0.15, -0.1) is 11.3 Å². The van der Waals surface area contributed by atoms with Gasteiger partial charge >= 0.3 is 0 Å². The van der Waals surface area contributed by atoms with Crippen LogP contribution in [0.1, 0.15) is 23.5 Å². The first-order chi connectivity index (χ1) is 13.7. The maximum absolute atomic E-state index is 5.61. The molecule has 1 fully saturated rings. The van der Waals surface area contributed by atoms with E-state index in [1.807, 2.05) is 30.6 Å². The Balaban J connectivity index is 1.53. The van der Waals surface area contributed by atoms with Gasteiger partial charge in [-0.05, 0) is 26.1 Å². The zero-order valence-electron chi connectivity index (χ0n) is 15.8. The van der Waals surface area contributed by atoms with E-state index in [1.54, 1.807) is 11.3 Å². The lowest BCUT2D eigenvalue weighted by Crippen LogP contribution is -2.44. The van der Waals surface area contributed by atoms with Gasteiger partial charge in [0.1, 0.15) is 6.54 Å². The normalized spacial score (nSPS) is 18.1. The fourth-order valence-corrected chi connectivity index (χ4v) is 4.42. The third-order valence-electron chi connectivity index (χ3n) is 5.19. The maximum atomic E-state index is 5.61. The Hall–Kier alpha value is -2.62. The van der Waals surface area contributed by atoms with Crippen molar-refractivity contribution in [2.75, 3.05) is 26.7 Å². The van der Waals surface area contributed by atoms with Crippen molar-refractivity contribution in [1.82, 2.24) is 34.9 Å². The van der Waals surface area contributed by atoms with E-state index in [1.165, 1.54) is 0 Å². The molecule has 1 atom stereocenters. The molecule has 1 saturated heterocycles. The third kappa shape index (κ3) is 3.01. The standard InChI is InChI=1S/C19H21N7OS/c1-12-17(28-11-21-12)19-22-13-5-3-4-6-14(13)26(19)10-16-23-18(24-27-16)15-9-20-7-8-25(15)2/h3-6,11,15,20H,7-10H2,1-2H3. The van der Waals surface area contributed by atoms with Gasteiger partial charge in [-0.1, -0.05) is 17.3 Å². The predicted octanol–water partition coefficient (Wildman–Crippen LogP) is 2.48. The molecule has 0 saturated carbocycles. The highest BCUT2D eigenvalue weighted by atomic mass is 32.1. The maximum Gasteiger partial charge on any atom is 0.246 e. The van der Waals surface area contributed by atoms with Crippen molar-refractivity contribution in [3.8, 4) is 10.7 Å². The summed E-state index contributed by atoms with van der Waals surface area (Å²) in [5.41, 5.74) is 4.82. The second-order valence-corrected chi connectivity index (χ2v) is 7.88. The summed E-state index contributed by atoms with van der Waals surface area (Å²) >= 11 is 1.59. The van der Waals surface area contributed by atoms with Gasteiger partial charge in [0.05, 0.1) is 33.2 Å². The molecule has 1 aliphatic rings. The van der Waals surface area contributed by atoms with E-state index in [4.69, 9.17) is 14.5 Å². The first-order valence-corrected chi connectivity index (χ1v) is 10.2. The summed E-state index contributed by atoms with van der Waals surface area (Å²) in [6, 6.07) is 8.24. The zero-order chi connectivity index (χ0) is 19.1. The van der Waals surface area contributed by atoms with Crippen LogP contribution in [0, 0.1) is 6.92 Å². The summed E-state index contributed by atoms with van der Waals surface area (Å²) in [7, 11) is 2.09. The van der Waals surface area contributed by atoms with Crippen LogP contribution in [0.4, 0.5) is 0 Å². The molecule has 0 bridgehead atoms. The van der Waals surface area contributed by atoms with E-state index >= 15 is 0 Å². The molecule has 4 aromatic rings. The average Bonchev–Trinajstić information content (AvgIpc) is 3.42. The topological polar surface area (TPSA) is 84.9 Å². The molecule has 0 spiro atoms. The van der Waals surface area contributed by atoms with E-state index in [9.17, 15) is 0 Å². The van der Waals surface area contributed by atoms with Gasteiger partial charge in [0, 0.05) is 19.6 Å². The van der Waals surface area contributed by atoms with E-state index in [-0.39, 0.29) is 6.04 Å². The number of benzene rings is 1. The molecular weight excluding hydrogens is 374 g/mol. The number of fused-ring (bicyclic) bond motifs is 1. The predicted molar refractivity (Wildman–Crippen MR) is 107 cm³/mol. The fourth-order valence-electron chi connectivity index (χ4n) is 3.62. The van der Waals surface area contributed by atoms with Crippen molar-refractivity contribution in [3.05, 3.63) is 47.2 Å². The number of hydrogen-bond acceptors (Lipinski definition) is 8. The molecule has 0 radical (unpaired) electrons. The monoisotopic (exact) mass is 395 g/mol. The summed E-state index contributed by atoms with van der Waals surface area (Å²) in [5, 5.41) is 7.64. The molecule has 1 aromatic carbocycles. The van der Waals surface area contributed by atoms with Crippen LogP contribution in [-0.2, 0) is 6.54 Å². The second kappa shape index (κ2) is 7.08. The smallest absolute Gasteiger partial charge is 0.246 e. The molecular formula is C19H21N7OS. The zero-order valence-corrected chi connectivity index (χ0v) is 16.6. The highest BCUT2D eigenvalue weighted by molar-refractivity contribution is 7.13. The van der Waals surface area contributed by atoms with Crippen molar-refractivity contribution in [3.63, 3.8) is 0 Å². The largest absolute Gasteiger partial charge is 0.337 e. The summed E-state index contributed by atoms with van der Waals surface area (Å²) in [6.45, 7) is 5.26. The van der Waals surface area contributed by atoms with Crippen LogP contribution in [0.3, 0.4) is 0 Å². The molecule has 4 heterocycles. The number of para-hydroxylation sites is 2. The van der Waals surface area contributed by atoms with Crippen LogP contribution in [0.2, 0.25) is 0 Å². The molecule has 9 heteroatoms. The van der Waals surface area contributed by atoms with Gasteiger partial charge in [-0.25, -0.2) is 9.97 Å². The summed E-state index contributed by atoms with van der Waals surface area (Å²) in [6.07, 6.45) is 0. The van der Waals surface area contributed by atoms with Crippen LogP contribution < -0.4 is 5.32 Å². The molecule has 1 aliphatic heterocycles. The Bertz CT molecular complexity index is 1110. The molecule has 5 rings (SSSR count). The molecule has 28 heavy (non-hydrogen) atoms. The first-order valence-electron chi connectivity index (χ1n) is 9.30. The highest BCUT2D eigenvalue weighted by Gasteiger charge is 2.26. The van der Waals surface area contributed by atoms with E-state index in [0.717, 1.165) is 52.9 Å². The summed E-state index contributed by atoms with van der Waals surface area (Å²) in [4.78, 5) is 17.2. The number of thiazole rings is 1. The van der Waals surface area contributed by atoms with Crippen molar-refractivity contribution in [2.45, 2.75) is 19.5 Å².